The largest absolute Gasteiger partial charge is 0.381 e. The van der Waals surface area contributed by atoms with E-state index in [-0.39, 0.29) is 24.2 Å². The summed E-state index contributed by atoms with van der Waals surface area (Å²) in [5.74, 6) is -0.640. The van der Waals surface area contributed by atoms with E-state index in [4.69, 9.17) is 16.2 Å². The van der Waals surface area contributed by atoms with Gasteiger partial charge >= 0.3 is 0 Å². The van der Waals surface area contributed by atoms with E-state index in [1.807, 2.05) is 0 Å². The van der Waals surface area contributed by atoms with Gasteiger partial charge in [-0.25, -0.2) is 0 Å². The smallest absolute Gasteiger partial charge is 0.249 e. The van der Waals surface area contributed by atoms with Crippen LogP contribution in [0.15, 0.2) is 18.2 Å². The van der Waals surface area contributed by atoms with Gasteiger partial charge < -0.3 is 21.5 Å². The summed E-state index contributed by atoms with van der Waals surface area (Å²) in [5, 5.41) is 2.75. The van der Waals surface area contributed by atoms with Crippen LogP contribution in [0.1, 0.15) is 28.8 Å². The third-order valence-electron chi connectivity index (χ3n) is 3.85. The van der Waals surface area contributed by atoms with E-state index in [1.165, 1.54) is 0 Å². The number of anilines is 1. The Balaban J connectivity index is 0.00000242. The fourth-order valence-corrected chi connectivity index (χ4v) is 2.48. The number of amides is 2. The van der Waals surface area contributed by atoms with Crippen molar-refractivity contribution in [2.24, 2.45) is 17.4 Å². The maximum absolute atomic E-state index is 12.2. The zero-order valence-corrected chi connectivity index (χ0v) is 13.3. The number of benzene rings is 1. The van der Waals surface area contributed by atoms with E-state index in [0.29, 0.717) is 24.5 Å². The van der Waals surface area contributed by atoms with Gasteiger partial charge in [-0.3, -0.25) is 9.59 Å². The molecule has 7 heteroatoms. The van der Waals surface area contributed by atoms with E-state index >= 15 is 0 Å². The fourth-order valence-electron chi connectivity index (χ4n) is 2.48. The van der Waals surface area contributed by atoms with Crippen LogP contribution in [-0.4, -0.2) is 31.1 Å². The first-order valence-corrected chi connectivity index (χ1v) is 7.03. The molecule has 0 aromatic heterocycles. The predicted octanol–water partition coefficient (Wildman–Crippen LogP) is 1.21. The molecule has 1 aromatic rings. The molecule has 0 saturated carbocycles. The quantitative estimate of drug-likeness (QED) is 0.772. The number of halogens is 1. The number of hydrogen-bond donors (Lipinski definition) is 3. The van der Waals surface area contributed by atoms with E-state index in [1.54, 1.807) is 25.1 Å². The lowest BCUT2D eigenvalue weighted by molar-refractivity contribution is -0.119. The van der Waals surface area contributed by atoms with Gasteiger partial charge in [-0.1, -0.05) is 6.07 Å². The molecular formula is C15H22ClN3O3. The number of ether oxygens (including phenoxy) is 1. The summed E-state index contributed by atoms with van der Waals surface area (Å²) >= 11 is 0. The summed E-state index contributed by atoms with van der Waals surface area (Å²) in [7, 11) is 0. The van der Waals surface area contributed by atoms with Crippen molar-refractivity contribution in [3.05, 3.63) is 29.3 Å². The van der Waals surface area contributed by atoms with Crippen LogP contribution < -0.4 is 16.8 Å². The van der Waals surface area contributed by atoms with E-state index in [2.05, 4.69) is 5.32 Å². The lowest BCUT2D eigenvalue weighted by atomic mass is 9.92. The minimum absolute atomic E-state index is 0. The number of nitrogens with one attached hydrogen (secondary N) is 1. The molecule has 0 radical (unpaired) electrons. The van der Waals surface area contributed by atoms with Crippen molar-refractivity contribution >= 4 is 29.9 Å². The molecule has 0 aliphatic carbocycles. The molecule has 0 spiro atoms. The van der Waals surface area contributed by atoms with E-state index in [0.717, 1.165) is 18.4 Å². The number of hydrogen-bond acceptors (Lipinski definition) is 4. The third kappa shape index (κ3) is 4.43. The Morgan fingerprint density at radius 1 is 1.32 bits per heavy atom. The highest BCUT2D eigenvalue weighted by molar-refractivity contribution is 5.98. The average Bonchev–Trinajstić information content (AvgIpc) is 2.49. The summed E-state index contributed by atoms with van der Waals surface area (Å²) in [6, 6.07) is 4.48. The molecule has 0 bridgehead atoms. The summed E-state index contributed by atoms with van der Waals surface area (Å²) in [6.07, 6.45) is 1.57. The van der Waals surface area contributed by atoms with Crippen molar-refractivity contribution in [3.63, 3.8) is 0 Å². The highest BCUT2D eigenvalue weighted by Crippen LogP contribution is 2.20. The van der Waals surface area contributed by atoms with Crippen molar-refractivity contribution in [2.75, 3.05) is 18.5 Å². The van der Waals surface area contributed by atoms with Crippen molar-refractivity contribution in [3.8, 4) is 0 Å². The minimum Gasteiger partial charge on any atom is -0.381 e. The Morgan fingerprint density at radius 3 is 2.55 bits per heavy atom. The maximum Gasteiger partial charge on any atom is 0.249 e. The highest BCUT2D eigenvalue weighted by Gasteiger charge is 2.26. The van der Waals surface area contributed by atoms with Crippen LogP contribution in [0, 0.1) is 12.8 Å². The Bertz CT molecular complexity index is 545. The van der Waals surface area contributed by atoms with Crippen molar-refractivity contribution in [2.45, 2.75) is 25.8 Å². The second kappa shape index (κ2) is 8.12. The molecule has 1 heterocycles. The first-order chi connectivity index (χ1) is 9.99. The molecule has 1 saturated heterocycles. The molecule has 2 amide bonds. The van der Waals surface area contributed by atoms with Crippen molar-refractivity contribution in [1.82, 2.24) is 0 Å². The predicted molar refractivity (Wildman–Crippen MR) is 87.1 cm³/mol. The molecule has 5 N–H and O–H groups in total. The van der Waals surface area contributed by atoms with E-state index < -0.39 is 11.9 Å². The van der Waals surface area contributed by atoms with E-state index in [9.17, 15) is 9.59 Å². The molecule has 22 heavy (non-hydrogen) atoms. The normalized spacial score (nSPS) is 16.5. The molecule has 1 unspecified atom stereocenters. The van der Waals surface area contributed by atoms with Gasteiger partial charge in [0.25, 0.3) is 0 Å². The van der Waals surface area contributed by atoms with Crippen LogP contribution >= 0.6 is 12.4 Å². The number of carbonyl (C=O) groups is 2. The van der Waals surface area contributed by atoms with Crippen LogP contribution in [0.2, 0.25) is 0 Å². The van der Waals surface area contributed by atoms with Gasteiger partial charge in [0, 0.05) is 24.5 Å². The Hall–Kier alpha value is -1.63. The molecule has 1 aliphatic heterocycles. The summed E-state index contributed by atoms with van der Waals surface area (Å²) in [5.41, 5.74) is 13.0. The number of primary amides is 1. The van der Waals surface area contributed by atoms with Crippen LogP contribution in [-0.2, 0) is 9.53 Å². The van der Waals surface area contributed by atoms with Crippen LogP contribution in [0.3, 0.4) is 0 Å². The third-order valence-corrected chi connectivity index (χ3v) is 3.85. The lowest BCUT2D eigenvalue weighted by Crippen LogP contribution is -2.44. The van der Waals surface area contributed by atoms with Gasteiger partial charge in [-0.15, -0.1) is 12.4 Å². The Kier molecular flexibility index (Phi) is 6.80. The summed E-state index contributed by atoms with van der Waals surface area (Å²) in [6.45, 7) is 3.07. The topological polar surface area (TPSA) is 107 Å². The lowest BCUT2D eigenvalue weighted by Gasteiger charge is -2.26. The second-order valence-corrected chi connectivity index (χ2v) is 5.36. The second-order valence-electron chi connectivity index (χ2n) is 5.36. The Labute approximate surface area is 136 Å². The van der Waals surface area contributed by atoms with Gasteiger partial charge in [0.2, 0.25) is 11.8 Å². The van der Waals surface area contributed by atoms with Crippen molar-refractivity contribution in [1.29, 1.82) is 0 Å². The van der Waals surface area contributed by atoms with Crippen LogP contribution in [0.5, 0.6) is 0 Å². The monoisotopic (exact) mass is 327 g/mol. The standard InChI is InChI=1S/C15H21N3O3.ClH/c1-9-2-3-11(8-12(9)14(17)19)18-15(20)13(16)10-4-6-21-7-5-10;/h2-3,8,10,13H,4-7,16H2,1H3,(H2,17,19)(H,18,20);1H. The highest BCUT2D eigenvalue weighted by atomic mass is 35.5. The molecule has 1 atom stereocenters. The number of nitrogens with two attached hydrogens (primary N) is 2. The SMILES string of the molecule is Cc1ccc(NC(=O)C(N)C2CCOCC2)cc1C(N)=O.Cl. The van der Waals surface area contributed by atoms with Gasteiger partial charge in [0.15, 0.2) is 0 Å². The maximum atomic E-state index is 12.2. The van der Waals surface area contributed by atoms with Crippen LogP contribution in [0.4, 0.5) is 5.69 Å². The molecular weight excluding hydrogens is 306 g/mol. The summed E-state index contributed by atoms with van der Waals surface area (Å²) < 4.78 is 5.26. The van der Waals surface area contributed by atoms with Gasteiger partial charge in [0.05, 0.1) is 6.04 Å². The summed E-state index contributed by atoms with van der Waals surface area (Å²) in [4.78, 5) is 23.5. The first kappa shape index (κ1) is 18.4. The number of carbonyl (C=O) groups excluding carboxylic acids is 2. The van der Waals surface area contributed by atoms with Gasteiger partial charge in [-0.2, -0.15) is 0 Å². The minimum atomic E-state index is -0.577. The average molecular weight is 328 g/mol. The molecule has 6 nitrogen and oxygen atoms in total. The molecule has 1 aliphatic rings. The zero-order chi connectivity index (χ0) is 15.4. The van der Waals surface area contributed by atoms with Crippen LogP contribution in [0.25, 0.3) is 0 Å². The first-order valence-electron chi connectivity index (χ1n) is 7.03. The molecule has 2 rings (SSSR count). The number of rotatable bonds is 4. The number of aryl methyl sites for hydroxylation is 1. The van der Waals surface area contributed by atoms with Gasteiger partial charge in [0.1, 0.15) is 0 Å². The van der Waals surface area contributed by atoms with Crippen molar-refractivity contribution < 1.29 is 14.3 Å². The molecule has 1 aromatic carbocycles. The van der Waals surface area contributed by atoms with Gasteiger partial charge in [-0.05, 0) is 43.4 Å². The molecule has 122 valence electrons. The fraction of sp³-hybridized carbons (Fsp3) is 0.467. The molecule has 1 fully saturated rings. The zero-order valence-electron chi connectivity index (χ0n) is 12.5. The Morgan fingerprint density at radius 2 is 1.95 bits per heavy atom.